The van der Waals surface area contributed by atoms with Gasteiger partial charge in [0, 0.05) is 17.2 Å². The molecule has 0 bridgehead atoms. The molecule has 2 unspecified atom stereocenters. The summed E-state index contributed by atoms with van der Waals surface area (Å²) >= 11 is 0. The Hall–Kier alpha value is -1.08. The van der Waals surface area contributed by atoms with E-state index in [1.807, 2.05) is 0 Å². The van der Waals surface area contributed by atoms with E-state index in [4.69, 9.17) is 10.7 Å². The molecule has 0 spiro atoms. The van der Waals surface area contributed by atoms with Gasteiger partial charge in [0.25, 0.3) is 15.0 Å². The Labute approximate surface area is 129 Å². The van der Waals surface area contributed by atoms with Crippen molar-refractivity contribution in [3.05, 3.63) is 11.4 Å². The summed E-state index contributed by atoms with van der Waals surface area (Å²) in [6, 6.07) is 0. The summed E-state index contributed by atoms with van der Waals surface area (Å²) < 4.78 is 23.0. The highest BCUT2D eigenvalue weighted by Crippen LogP contribution is 2.28. The van der Waals surface area contributed by atoms with Gasteiger partial charge in [-0.3, -0.25) is 9.89 Å². The van der Waals surface area contributed by atoms with Crippen LogP contribution in [-0.2, 0) is 9.05 Å². The van der Waals surface area contributed by atoms with Crippen molar-refractivity contribution in [2.24, 2.45) is 11.8 Å². The van der Waals surface area contributed by atoms with E-state index >= 15 is 0 Å². The number of aromatic amines is 1. The number of halogens is 1. The molecule has 1 aliphatic carbocycles. The van der Waals surface area contributed by atoms with E-state index in [1.54, 1.807) is 0 Å². The van der Waals surface area contributed by atoms with E-state index < -0.39 is 15.0 Å². The van der Waals surface area contributed by atoms with Crippen LogP contribution in [0.3, 0.4) is 0 Å². The summed E-state index contributed by atoms with van der Waals surface area (Å²) in [5, 5.41) is 9.03. The minimum absolute atomic E-state index is 0.161. The fourth-order valence-electron chi connectivity index (χ4n) is 2.94. The van der Waals surface area contributed by atoms with E-state index in [1.165, 1.54) is 19.8 Å². The largest absolute Gasteiger partial charge is 0.350 e. The van der Waals surface area contributed by atoms with Crippen LogP contribution in [0.5, 0.6) is 0 Å². The zero-order valence-corrected chi connectivity index (χ0v) is 13.7. The molecular formula is C13H20ClN3O3S. The number of rotatable bonds is 4. The molecular weight excluding hydrogens is 314 g/mol. The summed E-state index contributed by atoms with van der Waals surface area (Å²) in [4.78, 5) is 11.9. The lowest BCUT2D eigenvalue weighted by Crippen LogP contribution is -2.32. The second-order valence-corrected chi connectivity index (χ2v) is 8.31. The van der Waals surface area contributed by atoms with Crippen molar-refractivity contribution in [3.8, 4) is 0 Å². The average Bonchev–Trinajstić information content (AvgIpc) is 2.78. The van der Waals surface area contributed by atoms with Gasteiger partial charge < -0.3 is 5.32 Å². The lowest BCUT2D eigenvalue weighted by Gasteiger charge is -2.26. The van der Waals surface area contributed by atoms with Crippen molar-refractivity contribution >= 4 is 25.6 Å². The van der Waals surface area contributed by atoms with Crippen LogP contribution < -0.4 is 5.32 Å². The number of hydrogen-bond donors (Lipinski definition) is 2. The van der Waals surface area contributed by atoms with Crippen LogP contribution >= 0.6 is 10.7 Å². The first kappa shape index (κ1) is 16.3. The normalized spacial score (nSPS) is 23.0. The molecule has 0 saturated heterocycles. The fraction of sp³-hybridized carbons (Fsp3) is 0.692. The molecule has 1 aromatic heterocycles. The first-order valence-corrected chi connectivity index (χ1v) is 9.37. The SMILES string of the molecule is Cc1[nH]nc(C(=O)NCC2CCCC(C)C2)c1S(=O)(=O)Cl. The van der Waals surface area contributed by atoms with Crippen molar-refractivity contribution in [2.45, 2.75) is 44.4 Å². The smallest absolute Gasteiger partial charge is 0.273 e. The van der Waals surface area contributed by atoms with Gasteiger partial charge in [0.05, 0.1) is 5.69 Å². The van der Waals surface area contributed by atoms with Crippen LogP contribution in [0.1, 0.15) is 48.8 Å². The zero-order valence-electron chi connectivity index (χ0n) is 12.1. The average molecular weight is 334 g/mol. The van der Waals surface area contributed by atoms with Gasteiger partial charge in [-0.05, 0) is 31.6 Å². The summed E-state index contributed by atoms with van der Waals surface area (Å²) in [6.07, 6.45) is 4.58. The Bertz CT molecular complexity index is 627. The van der Waals surface area contributed by atoms with Crippen LogP contribution in [-0.4, -0.2) is 31.1 Å². The minimum atomic E-state index is -4.00. The molecule has 21 heavy (non-hydrogen) atoms. The maximum absolute atomic E-state index is 12.1. The fourth-order valence-corrected chi connectivity index (χ4v) is 4.28. The summed E-state index contributed by atoms with van der Waals surface area (Å²) in [5.41, 5.74) is 0.104. The van der Waals surface area contributed by atoms with Crippen molar-refractivity contribution in [1.29, 1.82) is 0 Å². The summed E-state index contributed by atoms with van der Waals surface area (Å²) in [7, 11) is 1.35. The highest BCUT2D eigenvalue weighted by molar-refractivity contribution is 8.13. The standard InChI is InChI=1S/C13H20ClN3O3S/c1-8-4-3-5-10(6-8)7-15-13(18)11-12(21(14,19)20)9(2)16-17-11/h8,10H,3-7H2,1-2H3,(H,15,18)(H,16,17). The van der Waals surface area contributed by atoms with Crippen LogP contribution in [0, 0.1) is 18.8 Å². The molecule has 0 aromatic carbocycles. The number of carbonyl (C=O) groups excluding carboxylic acids is 1. The lowest BCUT2D eigenvalue weighted by molar-refractivity contribution is 0.0932. The van der Waals surface area contributed by atoms with E-state index in [9.17, 15) is 13.2 Å². The molecule has 118 valence electrons. The van der Waals surface area contributed by atoms with Gasteiger partial charge >= 0.3 is 0 Å². The molecule has 1 heterocycles. The number of nitrogens with zero attached hydrogens (tertiary/aromatic N) is 1. The molecule has 1 saturated carbocycles. The number of nitrogens with one attached hydrogen (secondary N) is 2. The van der Waals surface area contributed by atoms with Gasteiger partial charge in [0.1, 0.15) is 4.90 Å². The van der Waals surface area contributed by atoms with Crippen molar-refractivity contribution in [1.82, 2.24) is 15.5 Å². The van der Waals surface area contributed by atoms with E-state index in [0.717, 1.165) is 12.8 Å². The third-order valence-corrected chi connectivity index (χ3v) is 5.40. The lowest BCUT2D eigenvalue weighted by atomic mass is 9.82. The maximum atomic E-state index is 12.1. The molecule has 0 aliphatic heterocycles. The zero-order chi connectivity index (χ0) is 15.6. The van der Waals surface area contributed by atoms with Crippen molar-refractivity contribution in [3.63, 3.8) is 0 Å². The number of aryl methyl sites for hydroxylation is 1. The highest BCUT2D eigenvalue weighted by Gasteiger charge is 2.27. The first-order valence-electron chi connectivity index (χ1n) is 7.07. The topological polar surface area (TPSA) is 91.9 Å². The minimum Gasteiger partial charge on any atom is -0.350 e. The molecule has 1 fully saturated rings. The van der Waals surface area contributed by atoms with Gasteiger partial charge in [-0.2, -0.15) is 5.10 Å². The van der Waals surface area contributed by atoms with Crippen molar-refractivity contribution < 1.29 is 13.2 Å². The second-order valence-electron chi connectivity index (χ2n) is 5.81. The summed E-state index contributed by atoms with van der Waals surface area (Å²) in [6.45, 7) is 4.27. The van der Waals surface area contributed by atoms with E-state index in [2.05, 4.69) is 22.4 Å². The number of aromatic nitrogens is 2. The Morgan fingerprint density at radius 1 is 1.48 bits per heavy atom. The number of H-pyrrole nitrogens is 1. The molecule has 2 N–H and O–H groups in total. The molecule has 0 radical (unpaired) electrons. The Balaban J connectivity index is 2.04. The molecule has 1 aliphatic rings. The number of hydrogen-bond acceptors (Lipinski definition) is 4. The van der Waals surface area contributed by atoms with Crippen LogP contribution in [0.25, 0.3) is 0 Å². The van der Waals surface area contributed by atoms with Gasteiger partial charge in [-0.25, -0.2) is 8.42 Å². The quantitative estimate of drug-likeness (QED) is 0.826. The predicted octanol–water partition coefficient (Wildman–Crippen LogP) is 2.20. The van der Waals surface area contributed by atoms with Crippen LogP contribution in [0.2, 0.25) is 0 Å². The molecule has 1 aromatic rings. The number of carbonyl (C=O) groups is 1. The third kappa shape index (κ3) is 3.97. The van der Waals surface area contributed by atoms with Gasteiger partial charge in [0.2, 0.25) is 0 Å². The molecule has 1 amide bonds. The molecule has 2 atom stereocenters. The highest BCUT2D eigenvalue weighted by atomic mass is 35.7. The second kappa shape index (κ2) is 6.36. The number of amides is 1. The monoisotopic (exact) mass is 333 g/mol. The summed E-state index contributed by atoms with van der Waals surface area (Å²) in [5.74, 6) is 0.609. The maximum Gasteiger partial charge on any atom is 0.273 e. The Morgan fingerprint density at radius 3 is 2.81 bits per heavy atom. The predicted molar refractivity (Wildman–Crippen MR) is 79.8 cm³/mol. The van der Waals surface area contributed by atoms with Crippen LogP contribution in [0.4, 0.5) is 0 Å². The Kier molecular flexibility index (Phi) is 4.93. The van der Waals surface area contributed by atoms with Gasteiger partial charge in [0.15, 0.2) is 5.69 Å². The van der Waals surface area contributed by atoms with Crippen molar-refractivity contribution in [2.75, 3.05) is 6.54 Å². The Morgan fingerprint density at radius 2 is 2.19 bits per heavy atom. The van der Waals surface area contributed by atoms with Crippen LogP contribution in [0.15, 0.2) is 4.90 Å². The van der Waals surface area contributed by atoms with E-state index in [0.29, 0.717) is 18.4 Å². The third-order valence-electron chi connectivity index (χ3n) is 3.95. The van der Waals surface area contributed by atoms with Gasteiger partial charge in [-0.15, -0.1) is 0 Å². The van der Waals surface area contributed by atoms with E-state index in [-0.39, 0.29) is 16.3 Å². The molecule has 8 heteroatoms. The molecule has 2 rings (SSSR count). The molecule has 6 nitrogen and oxygen atoms in total. The first-order chi connectivity index (χ1) is 9.79. The van der Waals surface area contributed by atoms with Gasteiger partial charge in [-0.1, -0.05) is 19.8 Å².